The van der Waals surface area contributed by atoms with Crippen LogP contribution in [0.5, 0.6) is 0 Å². The van der Waals surface area contributed by atoms with Crippen molar-refractivity contribution < 1.29 is 4.79 Å². The summed E-state index contributed by atoms with van der Waals surface area (Å²) in [6.45, 7) is 0. The average Bonchev–Trinajstić information content (AvgIpc) is 2.87. The van der Waals surface area contributed by atoms with Gasteiger partial charge in [-0.25, -0.2) is 0 Å². The quantitative estimate of drug-likeness (QED) is 0.632. The smallest absolute Gasteiger partial charge is 0.179 e. The molecule has 7 heteroatoms. The van der Waals surface area contributed by atoms with E-state index in [0.717, 1.165) is 24.7 Å². The molecule has 0 unspecified atom stereocenters. The van der Waals surface area contributed by atoms with Crippen LogP contribution in [0, 0.1) is 0 Å². The predicted octanol–water partition coefficient (Wildman–Crippen LogP) is 3.29. The van der Waals surface area contributed by atoms with E-state index in [-0.39, 0.29) is 0 Å². The fraction of sp³-hybridized carbons (Fsp3) is 0.125. The topological polar surface area (TPSA) is 42.9 Å². The molecule has 0 saturated carbocycles. The summed E-state index contributed by atoms with van der Waals surface area (Å²) >= 11 is 6.14. The summed E-state index contributed by atoms with van der Waals surface area (Å²) in [5.74, 6) is 0. The van der Waals surface area contributed by atoms with E-state index in [4.69, 9.17) is 0 Å². The Balaban J connectivity index is 2.10. The fourth-order valence-corrected chi connectivity index (χ4v) is 4.18. The Labute approximate surface area is 103 Å². The number of aromatic nitrogens is 2. The van der Waals surface area contributed by atoms with Crippen LogP contribution in [0.4, 0.5) is 0 Å². The van der Waals surface area contributed by atoms with Crippen LogP contribution >= 0.6 is 46.2 Å². The van der Waals surface area contributed by atoms with Crippen molar-refractivity contribution in [2.45, 2.75) is 13.6 Å². The summed E-state index contributed by atoms with van der Waals surface area (Å²) < 4.78 is 1.87. The number of aldehydes is 1. The molecule has 2 aromatic rings. The molecule has 78 valence electrons. The van der Waals surface area contributed by atoms with Crippen molar-refractivity contribution >= 4 is 52.5 Å². The summed E-state index contributed by atoms with van der Waals surface area (Å²) in [6, 6.07) is 1.86. The zero-order valence-electron chi connectivity index (χ0n) is 7.67. The maximum atomic E-state index is 10.5. The van der Waals surface area contributed by atoms with E-state index >= 15 is 0 Å². The van der Waals surface area contributed by atoms with Gasteiger partial charge in [0.2, 0.25) is 0 Å². The van der Waals surface area contributed by atoms with Gasteiger partial charge in [0.1, 0.15) is 0 Å². The second-order valence-electron chi connectivity index (χ2n) is 2.44. The molecule has 0 fully saturated rings. The second-order valence-corrected chi connectivity index (χ2v) is 6.74. The Morgan fingerprint density at radius 3 is 2.80 bits per heavy atom. The maximum absolute atomic E-state index is 10.5. The molecule has 0 saturated heterocycles. The van der Waals surface area contributed by atoms with E-state index in [1.807, 2.05) is 17.7 Å². The second kappa shape index (κ2) is 5.11. The first-order valence-electron chi connectivity index (χ1n) is 3.91. The van der Waals surface area contributed by atoms with Crippen molar-refractivity contribution in [2.75, 3.05) is 6.26 Å². The van der Waals surface area contributed by atoms with Gasteiger partial charge >= 0.3 is 0 Å². The summed E-state index contributed by atoms with van der Waals surface area (Å²) in [5, 5.41) is 10.00. The predicted molar refractivity (Wildman–Crippen MR) is 65.5 cm³/mol. The third-order valence-corrected chi connectivity index (χ3v) is 5.41. The minimum atomic E-state index is 0.743. The molecule has 0 aliphatic rings. The number of carbonyl (C=O) groups excluding carboxylic acids is 1. The van der Waals surface area contributed by atoms with Crippen LogP contribution in [0.1, 0.15) is 9.67 Å². The van der Waals surface area contributed by atoms with Crippen LogP contribution in [0.2, 0.25) is 0 Å². The molecule has 0 spiro atoms. The molecular formula is C8H6N2OS4. The van der Waals surface area contributed by atoms with Crippen LogP contribution in [0.15, 0.2) is 25.0 Å². The van der Waals surface area contributed by atoms with Gasteiger partial charge in [-0.1, -0.05) is 34.9 Å². The zero-order chi connectivity index (χ0) is 10.7. The number of carbonyl (C=O) groups is 1. The van der Waals surface area contributed by atoms with Crippen LogP contribution in [0.3, 0.4) is 0 Å². The number of nitrogens with zero attached hydrogens (tertiary/aromatic N) is 2. The third kappa shape index (κ3) is 2.81. The molecule has 15 heavy (non-hydrogen) atoms. The normalized spacial score (nSPS) is 10.5. The van der Waals surface area contributed by atoms with Crippen molar-refractivity contribution in [1.82, 2.24) is 10.2 Å². The molecule has 0 aromatic carbocycles. The highest BCUT2D eigenvalue weighted by atomic mass is 32.2. The molecule has 3 nitrogen and oxygen atoms in total. The van der Waals surface area contributed by atoms with E-state index in [1.54, 1.807) is 34.9 Å². The Kier molecular flexibility index (Phi) is 3.79. The highest BCUT2D eigenvalue weighted by molar-refractivity contribution is 8.03. The molecular weight excluding hydrogens is 268 g/mol. The monoisotopic (exact) mass is 274 g/mol. The Bertz CT molecular complexity index is 465. The fourth-order valence-electron chi connectivity index (χ4n) is 0.871. The molecule has 0 aliphatic carbocycles. The van der Waals surface area contributed by atoms with Crippen molar-refractivity contribution in [3.63, 3.8) is 0 Å². The number of hydrogen-bond donors (Lipinski definition) is 0. The summed E-state index contributed by atoms with van der Waals surface area (Å²) in [7, 11) is 0. The summed E-state index contributed by atoms with van der Waals surface area (Å²) in [6.07, 6.45) is 2.84. The van der Waals surface area contributed by atoms with Gasteiger partial charge in [-0.2, -0.15) is 0 Å². The largest absolute Gasteiger partial charge is 0.297 e. The molecule has 0 amide bonds. The lowest BCUT2D eigenvalue weighted by molar-refractivity contribution is 0.112. The number of thioether (sulfide) groups is 1. The van der Waals surface area contributed by atoms with Gasteiger partial charge in [-0.3, -0.25) is 4.79 Å². The van der Waals surface area contributed by atoms with E-state index in [2.05, 4.69) is 10.2 Å². The van der Waals surface area contributed by atoms with Gasteiger partial charge in [0.05, 0.1) is 4.88 Å². The molecule has 0 aliphatic heterocycles. The highest BCUT2D eigenvalue weighted by Gasteiger charge is 2.06. The summed E-state index contributed by atoms with van der Waals surface area (Å²) in [5.41, 5.74) is 0. The standard InChI is InChI=1S/C8H6N2OS4/c1-12-7-9-10-8(15-7)14-6-2-5(3-11)13-4-6/h2-4H,1H3. The van der Waals surface area contributed by atoms with Gasteiger partial charge < -0.3 is 0 Å². The molecule has 2 aromatic heterocycles. The maximum Gasteiger partial charge on any atom is 0.179 e. The van der Waals surface area contributed by atoms with E-state index < -0.39 is 0 Å². The van der Waals surface area contributed by atoms with Gasteiger partial charge in [-0.05, 0) is 12.3 Å². The van der Waals surface area contributed by atoms with E-state index in [0.29, 0.717) is 0 Å². The summed E-state index contributed by atoms with van der Waals surface area (Å²) in [4.78, 5) is 12.3. The molecule has 2 rings (SSSR count). The lowest BCUT2D eigenvalue weighted by atomic mass is 10.5. The third-order valence-electron chi connectivity index (χ3n) is 1.48. The molecule has 0 radical (unpaired) electrons. The van der Waals surface area contributed by atoms with Gasteiger partial charge in [0, 0.05) is 10.3 Å². The first-order chi connectivity index (χ1) is 7.31. The Morgan fingerprint density at radius 1 is 1.40 bits per heavy atom. The Morgan fingerprint density at radius 2 is 2.20 bits per heavy atom. The van der Waals surface area contributed by atoms with Crippen LogP contribution in [0.25, 0.3) is 0 Å². The SMILES string of the molecule is CSc1nnc(Sc2csc(C=O)c2)s1. The first kappa shape index (κ1) is 11.1. The molecule has 2 heterocycles. The molecule has 0 N–H and O–H groups in total. The van der Waals surface area contributed by atoms with Gasteiger partial charge in [0.25, 0.3) is 0 Å². The zero-order valence-corrected chi connectivity index (χ0v) is 10.9. The highest BCUT2D eigenvalue weighted by Crippen LogP contribution is 2.34. The van der Waals surface area contributed by atoms with E-state index in [1.165, 1.54) is 11.3 Å². The van der Waals surface area contributed by atoms with Crippen LogP contribution in [-0.4, -0.2) is 22.7 Å². The lowest BCUT2D eigenvalue weighted by Gasteiger charge is -1.88. The first-order valence-corrected chi connectivity index (χ1v) is 7.64. The minimum Gasteiger partial charge on any atom is -0.297 e. The van der Waals surface area contributed by atoms with Crippen molar-refractivity contribution in [3.8, 4) is 0 Å². The molecule has 0 atom stereocenters. The number of rotatable bonds is 4. The van der Waals surface area contributed by atoms with Crippen molar-refractivity contribution in [1.29, 1.82) is 0 Å². The van der Waals surface area contributed by atoms with Crippen molar-refractivity contribution in [2.24, 2.45) is 0 Å². The van der Waals surface area contributed by atoms with E-state index in [9.17, 15) is 4.79 Å². The van der Waals surface area contributed by atoms with Crippen molar-refractivity contribution in [3.05, 3.63) is 16.3 Å². The van der Waals surface area contributed by atoms with Gasteiger partial charge in [-0.15, -0.1) is 21.5 Å². The lowest BCUT2D eigenvalue weighted by Crippen LogP contribution is -1.70. The average molecular weight is 274 g/mol. The Hall–Kier alpha value is -0.370. The molecule has 0 bridgehead atoms. The number of thiophene rings is 1. The van der Waals surface area contributed by atoms with Crippen LogP contribution < -0.4 is 0 Å². The van der Waals surface area contributed by atoms with Gasteiger partial charge in [0.15, 0.2) is 15.0 Å². The minimum absolute atomic E-state index is 0.743. The number of hydrogen-bond acceptors (Lipinski definition) is 7. The van der Waals surface area contributed by atoms with Crippen LogP contribution in [-0.2, 0) is 0 Å².